The monoisotopic (exact) mass is 406 g/mol. The van der Waals surface area contributed by atoms with Crippen molar-refractivity contribution in [2.45, 2.75) is 19.8 Å². The van der Waals surface area contributed by atoms with Gasteiger partial charge < -0.3 is 9.84 Å². The molecule has 0 fully saturated rings. The van der Waals surface area contributed by atoms with Gasteiger partial charge in [-0.2, -0.15) is 23.5 Å². The van der Waals surface area contributed by atoms with Crippen molar-refractivity contribution in [2.75, 3.05) is 51.5 Å². The normalized spacial score (nSPS) is 12.3. The van der Waals surface area contributed by atoms with Crippen LogP contribution in [0, 0.1) is 0 Å². The maximum atomic E-state index is 11.3. The fraction of sp³-hybridized carbons (Fsp3) is 0.923. The first-order valence-corrected chi connectivity index (χ1v) is 13.2. The zero-order chi connectivity index (χ0) is 16.5. The molecule has 4 nitrogen and oxygen atoms in total. The van der Waals surface area contributed by atoms with Gasteiger partial charge in [-0.15, -0.1) is 23.5 Å². The van der Waals surface area contributed by atoms with Crippen molar-refractivity contribution in [3.63, 3.8) is 0 Å². The third kappa shape index (κ3) is 17.3. The topological polar surface area (TPSA) is 63.6 Å². The van der Waals surface area contributed by atoms with Gasteiger partial charge in [-0.3, -0.25) is 9.00 Å². The van der Waals surface area contributed by atoms with Crippen LogP contribution in [0.4, 0.5) is 0 Å². The summed E-state index contributed by atoms with van der Waals surface area (Å²) in [7, 11) is -0.629. The number of carbonyl (C=O) groups excluding carboxylic acids is 1. The molecule has 0 aliphatic heterocycles. The molecule has 0 aromatic heterocycles. The van der Waals surface area contributed by atoms with Crippen LogP contribution in [0.25, 0.3) is 0 Å². The van der Waals surface area contributed by atoms with E-state index in [1.165, 1.54) is 11.8 Å². The predicted octanol–water partition coefficient (Wildman–Crippen LogP) is 2.88. The highest BCUT2D eigenvalue weighted by atomic mass is 32.2. The van der Waals surface area contributed by atoms with E-state index in [1.807, 2.05) is 30.4 Å². The van der Waals surface area contributed by atoms with Crippen molar-refractivity contribution < 1.29 is 18.8 Å². The van der Waals surface area contributed by atoms with Crippen LogP contribution in [0.15, 0.2) is 0 Å². The van der Waals surface area contributed by atoms with E-state index < -0.39 is 10.8 Å². The lowest BCUT2D eigenvalue weighted by Crippen LogP contribution is -2.08. The number of rotatable bonds is 16. The van der Waals surface area contributed by atoms with Gasteiger partial charge in [-0.1, -0.05) is 6.92 Å². The van der Waals surface area contributed by atoms with E-state index in [-0.39, 0.29) is 11.9 Å². The summed E-state index contributed by atoms with van der Waals surface area (Å²) in [6, 6.07) is 0. The molecule has 1 N–H and O–H groups in total. The molecular formula is C13H26O4S5. The Bertz CT molecular complexity index is 292. The van der Waals surface area contributed by atoms with Crippen molar-refractivity contribution >= 4 is 63.8 Å². The number of aliphatic hydroxyl groups excluding tert-OH is 1. The minimum Gasteiger partial charge on any atom is -0.465 e. The SMILES string of the molecule is CCS(=O)CCCSCSCSCCC(=O)OCCSCO. The smallest absolute Gasteiger partial charge is 0.306 e. The Kier molecular flexibility index (Phi) is 19.1. The lowest BCUT2D eigenvalue weighted by atomic mass is 10.5. The molecule has 0 aliphatic carbocycles. The third-order valence-corrected chi connectivity index (χ3v) is 8.11. The summed E-state index contributed by atoms with van der Waals surface area (Å²) in [5.41, 5.74) is 0. The van der Waals surface area contributed by atoms with Gasteiger partial charge in [0.2, 0.25) is 0 Å². The third-order valence-electron chi connectivity index (χ3n) is 2.35. The van der Waals surface area contributed by atoms with Gasteiger partial charge in [-0.25, -0.2) is 0 Å². The second kappa shape index (κ2) is 18.3. The minimum absolute atomic E-state index is 0.0686. The molecule has 0 aromatic rings. The Morgan fingerprint density at radius 2 is 1.82 bits per heavy atom. The van der Waals surface area contributed by atoms with Gasteiger partial charge in [0.25, 0.3) is 0 Å². The first-order valence-electron chi connectivity index (χ1n) is 7.13. The van der Waals surface area contributed by atoms with Crippen LogP contribution in [0.2, 0.25) is 0 Å². The van der Waals surface area contributed by atoms with Crippen LogP contribution in [0.5, 0.6) is 0 Å². The Morgan fingerprint density at radius 1 is 1.09 bits per heavy atom. The standard InChI is InChI=1S/C13H26O4S5/c1-2-22(16)9-3-6-19-11-21-12-20-7-4-13(15)17-5-8-18-10-14/h14H,2-12H2,1H3. The first kappa shape index (κ1) is 23.0. The number of aliphatic hydroxyl groups is 1. The molecular weight excluding hydrogens is 380 g/mol. The molecule has 132 valence electrons. The number of thioether (sulfide) groups is 4. The number of hydrogen-bond acceptors (Lipinski definition) is 8. The van der Waals surface area contributed by atoms with Crippen LogP contribution in [0.3, 0.4) is 0 Å². The zero-order valence-corrected chi connectivity index (χ0v) is 17.1. The largest absolute Gasteiger partial charge is 0.465 e. The van der Waals surface area contributed by atoms with E-state index in [9.17, 15) is 9.00 Å². The molecule has 22 heavy (non-hydrogen) atoms. The average Bonchev–Trinajstić information content (AvgIpc) is 2.53. The Balaban J connectivity index is 3.16. The molecule has 9 heteroatoms. The first-order chi connectivity index (χ1) is 10.7. The van der Waals surface area contributed by atoms with Gasteiger partial charge in [-0.05, 0) is 12.2 Å². The predicted molar refractivity (Wildman–Crippen MR) is 106 cm³/mol. The van der Waals surface area contributed by atoms with E-state index >= 15 is 0 Å². The number of carbonyl (C=O) groups is 1. The van der Waals surface area contributed by atoms with E-state index in [0.29, 0.717) is 18.8 Å². The number of esters is 1. The van der Waals surface area contributed by atoms with Gasteiger partial charge in [0, 0.05) is 44.0 Å². The Labute approximate surface area is 153 Å². The summed E-state index contributed by atoms with van der Waals surface area (Å²) < 4.78 is 16.2. The molecule has 0 saturated heterocycles. The summed E-state index contributed by atoms with van der Waals surface area (Å²) in [5, 5.41) is 10.6. The van der Waals surface area contributed by atoms with Crippen LogP contribution < -0.4 is 0 Å². The number of hydrogen-bond donors (Lipinski definition) is 1. The minimum atomic E-state index is -0.629. The van der Waals surface area contributed by atoms with Gasteiger partial charge in [0.15, 0.2) is 0 Å². The molecule has 1 unspecified atom stereocenters. The molecule has 0 heterocycles. The van der Waals surface area contributed by atoms with Gasteiger partial charge >= 0.3 is 5.97 Å². The van der Waals surface area contributed by atoms with Crippen LogP contribution in [-0.2, 0) is 20.3 Å². The van der Waals surface area contributed by atoms with E-state index in [0.717, 1.165) is 39.6 Å². The quantitative estimate of drug-likeness (QED) is 0.238. The van der Waals surface area contributed by atoms with Crippen molar-refractivity contribution in [3.05, 3.63) is 0 Å². The average molecular weight is 407 g/mol. The van der Waals surface area contributed by atoms with Gasteiger partial charge in [0.05, 0.1) is 12.4 Å². The Hall–Kier alpha value is 0.980. The van der Waals surface area contributed by atoms with Crippen molar-refractivity contribution in [1.82, 2.24) is 0 Å². The van der Waals surface area contributed by atoms with Crippen molar-refractivity contribution in [3.8, 4) is 0 Å². The maximum absolute atomic E-state index is 11.3. The van der Waals surface area contributed by atoms with Gasteiger partial charge in [0.1, 0.15) is 6.61 Å². The van der Waals surface area contributed by atoms with Crippen LogP contribution in [-0.4, -0.2) is 66.8 Å². The summed E-state index contributed by atoms with van der Waals surface area (Å²) in [4.78, 5) is 11.3. The van der Waals surface area contributed by atoms with Crippen LogP contribution >= 0.6 is 47.0 Å². The van der Waals surface area contributed by atoms with Crippen molar-refractivity contribution in [1.29, 1.82) is 0 Å². The lowest BCUT2D eigenvalue weighted by Gasteiger charge is -2.04. The highest BCUT2D eigenvalue weighted by Gasteiger charge is 2.02. The summed E-state index contributed by atoms with van der Waals surface area (Å²) in [6.07, 6.45) is 1.48. The van der Waals surface area contributed by atoms with Crippen LogP contribution in [0.1, 0.15) is 19.8 Å². The highest BCUT2D eigenvalue weighted by molar-refractivity contribution is 8.22. The fourth-order valence-corrected chi connectivity index (χ4v) is 5.94. The molecule has 0 aliphatic rings. The lowest BCUT2D eigenvalue weighted by molar-refractivity contribution is -0.142. The van der Waals surface area contributed by atoms with Crippen molar-refractivity contribution in [2.24, 2.45) is 0 Å². The summed E-state index contributed by atoms with van der Waals surface area (Å²) in [6.45, 7) is 2.34. The second-order valence-corrected chi connectivity index (χ2v) is 10.9. The molecule has 0 aromatic carbocycles. The van der Waals surface area contributed by atoms with E-state index in [2.05, 4.69) is 0 Å². The summed E-state index contributed by atoms with van der Waals surface area (Å²) >= 11 is 6.85. The Morgan fingerprint density at radius 3 is 2.50 bits per heavy atom. The molecule has 0 saturated carbocycles. The zero-order valence-electron chi connectivity index (χ0n) is 13.0. The molecule has 0 bridgehead atoms. The van der Waals surface area contributed by atoms with E-state index in [4.69, 9.17) is 9.84 Å². The second-order valence-electron chi connectivity index (χ2n) is 4.05. The van der Waals surface area contributed by atoms with E-state index in [1.54, 1.807) is 11.8 Å². The molecule has 0 spiro atoms. The summed E-state index contributed by atoms with van der Waals surface area (Å²) in [5.74, 6) is 4.00. The number of ether oxygens (including phenoxy) is 1. The molecule has 0 amide bonds. The molecule has 0 rings (SSSR count). The fourth-order valence-electron chi connectivity index (χ4n) is 1.24. The highest BCUT2D eigenvalue weighted by Crippen LogP contribution is 2.18. The maximum Gasteiger partial charge on any atom is 0.306 e. The molecule has 0 radical (unpaired) electrons. The molecule has 1 atom stereocenters.